The van der Waals surface area contributed by atoms with Crippen molar-refractivity contribution in [1.82, 2.24) is 0 Å². The first kappa shape index (κ1) is 9.62. The molecular formula is C11H13FO2. The van der Waals surface area contributed by atoms with E-state index in [1.54, 1.807) is 18.2 Å². The van der Waals surface area contributed by atoms with Crippen molar-refractivity contribution in [2.75, 3.05) is 6.61 Å². The largest absolute Gasteiger partial charge is 0.371 e. The lowest BCUT2D eigenvalue weighted by atomic mass is 10.2. The predicted molar refractivity (Wildman–Crippen MR) is 50.4 cm³/mol. The van der Waals surface area contributed by atoms with Crippen LogP contribution in [0.5, 0.6) is 0 Å². The number of benzene rings is 1. The molecule has 2 atom stereocenters. The van der Waals surface area contributed by atoms with Gasteiger partial charge in [-0.1, -0.05) is 18.2 Å². The molecule has 1 heterocycles. The molecule has 1 aromatic carbocycles. The number of hydrogen-bond acceptors (Lipinski definition) is 2. The van der Waals surface area contributed by atoms with Gasteiger partial charge in [0.1, 0.15) is 11.9 Å². The zero-order valence-electron chi connectivity index (χ0n) is 8.07. The number of epoxide rings is 1. The zero-order chi connectivity index (χ0) is 9.97. The maximum Gasteiger partial charge on any atom is 0.128 e. The smallest absolute Gasteiger partial charge is 0.128 e. The van der Waals surface area contributed by atoms with E-state index in [4.69, 9.17) is 9.47 Å². The van der Waals surface area contributed by atoms with Crippen molar-refractivity contribution in [2.45, 2.75) is 25.7 Å². The Kier molecular flexibility index (Phi) is 2.79. The summed E-state index contributed by atoms with van der Waals surface area (Å²) in [5.74, 6) is -0.212. The lowest BCUT2D eigenvalue weighted by molar-refractivity contribution is 0.0326. The van der Waals surface area contributed by atoms with Crippen molar-refractivity contribution in [3.8, 4) is 0 Å². The van der Waals surface area contributed by atoms with E-state index < -0.39 is 0 Å². The molecule has 3 heteroatoms. The van der Waals surface area contributed by atoms with Gasteiger partial charge in [0.05, 0.1) is 19.3 Å². The molecule has 0 spiro atoms. The summed E-state index contributed by atoms with van der Waals surface area (Å²) >= 11 is 0. The van der Waals surface area contributed by atoms with Crippen molar-refractivity contribution in [1.29, 1.82) is 0 Å². The molecule has 1 saturated heterocycles. The molecule has 1 fully saturated rings. The highest BCUT2D eigenvalue weighted by atomic mass is 19.1. The SMILES string of the molecule is C[C@H](OCc1ccccc1F)[C@@H]1CO1. The third-order valence-corrected chi connectivity index (χ3v) is 2.34. The van der Waals surface area contributed by atoms with E-state index in [9.17, 15) is 4.39 Å². The van der Waals surface area contributed by atoms with Crippen LogP contribution in [0.2, 0.25) is 0 Å². The van der Waals surface area contributed by atoms with Crippen molar-refractivity contribution in [3.05, 3.63) is 35.6 Å². The maximum atomic E-state index is 13.1. The van der Waals surface area contributed by atoms with E-state index >= 15 is 0 Å². The fourth-order valence-corrected chi connectivity index (χ4v) is 1.27. The van der Waals surface area contributed by atoms with E-state index in [2.05, 4.69) is 0 Å². The molecule has 0 aromatic heterocycles. The summed E-state index contributed by atoms with van der Waals surface area (Å²) < 4.78 is 23.7. The Hall–Kier alpha value is -0.930. The Labute approximate surface area is 82.6 Å². The molecule has 0 amide bonds. The fourth-order valence-electron chi connectivity index (χ4n) is 1.27. The third-order valence-electron chi connectivity index (χ3n) is 2.34. The Bertz CT molecular complexity index is 310. The standard InChI is InChI=1S/C11H13FO2/c1-8(11-7-14-11)13-6-9-4-2-3-5-10(9)12/h2-5,8,11H,6-7H2,1H3/t8-,11-/m0/s1. The van der Waals surface area contributed by atoms with Crippen molar-refractivity contribution >= 4 is 0 Å². The molecule has 1 aromatic rings. The molecule has 2 nitrogen and oxygen atoms in total. The third kappa shape index (κ3) is 2.30. The zero-order valence-corrected chi connectivity index (χ0v) is 8.07. The number of hydrogen-bond donors (Lipinski definition) is 0. The van der Waals surface area contributed by atoms with E-state index in [0.29, 0.717) is 12.2 Å². The molecule has 14 heavy (non-hydrogen) atoms. The fraction of sp³-hybridized carbons (Fsp3) is 0.455. The highest BCUT2D eigenvalue weighted by molar-refractivity contribution is 5.16. The summed E-state index contributed by atoms with van der Waals surface area (Å²) in [6.07, 6.45) is 0.261. The summed E-state index contributed by atoms with van der Waals surface area (Å²) in [6.45, 7) is 3.02. The van der Waals surface area contributed by atoms with E-state index in [0.717, 1.165) is 6.61 Å². The van der Waals surface area contributed by atoms with E-state index in [-0.39, 0.29) is 18.0 Å². The Balaban J connectivity index is 1.87. The Morgan fingerprint density at radius 2 is 2.29 bits per heavy atom. The van der Waals surface area contributed by atoms with Crippen LogP contribution in [0.3, 0.4) is 0 Å². The lowest BCUT2D eigenvalue weighted by Gasteiger charge is -2.10. The molecule has 1 aliphatic heterocycles. The normalized spacial score (nSPS) is 22.0. The topological polar surface area (TPSA) is 21.8 Å². The van der Waals surface area contributed by atoms with Gasteiger partial charge < -0.3 is 9.47 Å². The number of ether oxygens (including phenoxy) is 2. The number of rotatable bonds is 4. The van der Waals surface area contributed by atoms with Crippen LogP contribution in [0, 0.1) is 5.82 Å². The second-order valence-electron chi connectivity index (χ2n) is 3.48. The second kappa shape index (κ2) is 4.07. The van der Waals surface area contributed by atoms with Gasteiger partial charge in [0.25, 0.3) is 0 Å². The van der Waals surface area contributed by atoms with Crippen molar-refractivity contribution in [2.24, 2.45) is 0 Å². The minimum Gasteiger partial charge on any atom is -0.371 e. The van der Waals surface area contributed by atoms with Crippen LogP contribution < -0.4 is 0 Å². The summed E-state index contributed by atoms with van der Waals surface area (Å²) in [5, 5.41) is 0. The predicted octanol–water partition coefficient (Wildman–Crippen LogP) is 2.13. The molecule has 0 N–H and O–H groups in total. The van der Waals surface area contributed by atoms with Gasteiger partial charge in [-0.05, 0) is 13.0 Å². The first-order valence-electron chi connectivity index (χ1n) is 4.74. The molecule has 0 saturated carbocycles. The van der Waals surface area contributed by atoms with Crippen LogP contribution in [0.25, 0.3) is 0 Å². The van der Waals surface area contributed by atoms with Crippen LogP contribution in [-0.4, -0.2) is 18.8 Å². The van der Waals surface area contributed by atoms with E-state index in [1.165, 1.54) is 6.07 Å². The van der Waals surface area contributed by atoms with Gasteiger partial charge in [-0.25, -0.2) is 4.39 Å². The van der Waals surface area contributed by atoms with Crippen LogP contribution in [-0.2, 0) is 16.1 Å². The first-order valence-corrected chi connectivity index (χ1v) is 4.74. The van der Waals surface area contributed by atoms with Gasteiger partial charge in [0.15, 0.2) is 0 Å². The lowest BCUT2D eigenvalue weighted by Crippen LogP contribution is -2.15. The van der Waals surface area contributed by atoms with Gasteiger partial charge in [-0.2, -0.15) is 0 Å². The average Bonchev–Trinajstić information content (AvgIpc) is 2.99. The summed E-state index contributed by atoms with van der Waals surface area (Å²) in [7, 11) is 0. The molecule has 0 radical (unpaired) electrons. The van der Waals surface area contributed by atoms with Gasteiger partial charge in [0, 0.05) is 5.56 Å². The monoisotopic (exact) mass is 196 g/mol. The van der Waals surface area contributed by atoms with Crippen LogP contribution in [0.1, 0.15) is 12.5 Å². The highest BCUT2D eigenvalue weighted by Gasteiger charge is 2.30. The highest BCUT2D eigenvalue weighted by Crippen LogP contribution is 2.18. The Morgan fingerprint density at radius 3 is 2.93 bits per heavy atom. The molecular weight excluding hydrogens is 183 g/mol. The van der Waals surface area contributed by atoms with Gasteiger partial charge in [0.2, 0.25) is 0 Å². The van der Waals surface area contributed by atoms with E-state index in [1.807, 2.05) is 6.92 Å². The number of halogens is 1. The van der Waals surface area contributed by atoms with Crippen LogP contribution in [0.4, 0.5) is 4.39 Å². The minimum atomic E-state index is -0.212. The quantitative estimate of drug-likeness (QED) is 0.688. The molecule has 0 aliphatic carbocycles. The van der Waals surface area contributed by atoms with Crippen molar-refractivity contribution < 1.29 is 13.9 Å². The molecule has 0 unspecified atom stereocenters. The van der Waals surface area contributed by atoms with Crippen LogP contribution in [0.15, 0.2) is 24.3 Å². The Morgan fingerprint density at radius 1 is 1.57 bits per heavy atom. The molecule has 2 rings (SSSR count). The summed E-state index contributed by atoms with van der Waals surface area (Å²) in [4.78, 5) is 0. The van der Waals surface area contributed by atoms with Gasteiger partial charge in [-0.3, -0.25) is 0 Å². The molecule has 0 bridgehead atoms. The molecule has 1 aliphatic rings. The minimum absolute atomic E-state index is 0.0506. The second-order valence-corrected chi connectivity index (χ2v) is 3.48. The van der Waals surface area contributed by atoms with Crippen LogP contribution >= 0.6 is 0 Å². The summed E-state index contributed by atoms with van der Waals surface area (Å²) in [6, 6.07) is 6.65. The van der Waals surface area contributed by atoms with Crippen molar-refractivity contribution in [3.63, 3.8) is 0 Å². The van der Waals surface area contributed by atoms with Gasteiger partial charge in [-0.15, -0.1) is 0 Å². The molecule has 76 valence electrons. The summed E-state index contributed by atoms with van der Waals surface area (Å²) in [5.41, 5.74) is 0.597. The van der Waals surface area contributed by atoms with Gasteiger partial charge >= 0.3 is 0 Å². The average molecular weight is 196 g/mol. The maximum absolute atomic E-state index is 13.1. The first-order chi connectivity index (χ1) is 6.77.